The SMILES string of the molecule is C1=CC2C(C3=C1C1(c4ccccc4O3)c3ccccc3-c3ccccc31)c1ccccc1N2c1nc(-c2ccccc2)c2ccccc2n1. The van der Waals surface area contributed by atoms with Crippen LogP contribution in [0.1, 0.15) is 28.2 Å². The molecule has 0 radical (unpaired) electrons. The summed E-state index contributed by atoms with van der Waals surface area (Å²) in [6.07, 6.45) is 4.70. The third-order valence-corrected chi connectivity index (χ3v) is 10.9. The molecule has 3 heterocycles. The summed E-state index contributed by atoms with van der Waals surface area (Å²) in [7, 11) is 0. The Morgan fingerprint density at radius 3 is 2.06 bits per heavy atom. The lowest BCUT2D eigenvalue weighted by molar-refractivity contribution is 0.340. The first kappa shape index (κ1) is 26.8. The van der Waals surface area contributed by atoms with Crippen molar-refractivity contribution in [3.63, 3.8) is 0 Å². The molecule has 0 N–H and O–H groups in total. The van der Waals surface area contributed by atoms with E-state index in [4.69, 9.17) is 14.7 Å². The fourth-order valence-electron chi connectivity index (χ4n) is 9.00. The first-order chi connectivity index (χ1) is 24.3. The molecule has 0 amide bonds. The summed E-state index contributed by atoms with van der Waals surface area (Å²) in [6.45, 7) is 0. The summed E-state index contributed by atoms with van der Waals surface area (Å²) >= 11 is 0. The summed E-state index contributed by atoms with van der Waals surface area (Å²) < 4.78 is 7.13. The highest BCUT2D eigenvalue weighted by Gasteiger charge is 2.55. The van der Waals surface area contributed by atoms with Crippen molar-refractivity contribution < 1.29 is 4.74 Å². The molecule has 1 spiro atoms. The summed E-state index contributed by atoms with van der Waals surface area (Å²) in [4.78, 5) is 12.9. The molecular weight excluding hydrogens is 599 g/mol. The Labute approximate surface area is 284 Å². The van der Waals surface area contributed by atoms with Crippen molar-refractivity contribution in [2.45, 2.75) is 17.4 Å². The summed E-state index contributed by atoms with van der Waals surface area (Å²) in [5, 5.41) is 1.04. The standard InChI is InChI=1S/C45H29N3O/c1-2-14-28(15-3-1)42-31-18-6-11-23-37(31)46-44(47-42)48-38-24-12-7-19-32(38)41-39(48)27-26-36-43(41)49-40-25-13-10-22-35(40)45(36)33-20-8-4-16-29(33)30-17-5-9-21-34(30)45/h1-27,39,41H. The van der Waals surface area contributed by atoms with Gasteiger partial charge in [-0.2, -0.15) is 0 Å². The van der Waals surface area contributed by atoms with E-state index in [1.165, 1.54) is 39.0 Å². The van der Waals surface area contributed by atoms with Gasteiger partial charge in [-0.25, -0.2) is 9.97 Å². The second kappa shape index (κ2) is 9.88. The Hall–Kier alpha value is -6.26. The fraction of sp³-hybridized carbons (Fsp3) is 0.0667. The summed E-state index contributed by atoms with van der Waals surface area (Å²) in [5.74, 6) is 2.54. The van der Waals surface area contributed by atoms with E-state index in [1.807, 2.05) is 6.07 Å². The molecule has 49 heavy (non-hydrogen) atoms. The van der Waals surface area contributed by atoms with Gasteiger partial charge in [-0.05, 0) is 46.0 Å². The molecule has 2 unspecified atom stereocenters. The fourth-order valence-corrected chi connectivity index (χ4v) is 9.00. The molecule has 2 aliphatic carbocycles. The van der Waals surface area contributed by atoms with Gasteiger partial charge in [-0.15, -0.1) is 0 Å². The third kappa shape index (κ3) is 3.47. The van der Waals surface area contributed by atoms with Crippen molar-refractivity contribution >= 4 is 22.5 Å². The Bertz CT molecular complexity index is 2520. The van der Waals surface area contributed by atoms with Gasteiger partial charge in [0, 0.05) is 27.8 Å². The Balaban J connectivity index is 1.16. The molecule has 0 fully saturated rings. The molecule has 0 saturated carbocycles. The van der Waals surface area contributed by atoms with Crippen molar-refractivity contribution in [1.82, 2.24) is 9.97 Å². The largest absolute Gasteiger partial charge is 0.460 e. The number of para-hydroxylation sites is 3. The zero-order chi connectivity index (χ0) is 32.1. The van der Waals surface area contributed by atoms with Crippen LogP contribution in [0.5, 0.6) is 5.75 Å². The first-order valence-corrected chi connectivity index (χ1v) is 16.9. The van der Waals surface area contributed by atoms with Gasteiger partial charge in [0.25, 0.3) is 0 Å². The minimum Gasteiger partial charge on any atom is -0.460 e. The molecule has 4 aliphatic rings. The zero-order valence-corrected chi connectivity index (χ0v) is 26.5. The number of ether oxygens (including phenoxy) is 1. The predicted molar refractivity (Wildman–Crippen MR) is 195 cm³/mol. The Morgan fingerprint density at radius 2 is 1.24 bits per heavy atom. The van der Waals surface area contributed by atoms with Crippen molar-refractivity contribution in [2.75, 3.05) is 4.90 Å². The number of benzene rings is 6. The van der Waals surface area contributed by atoms with Gasteiger partial charge in [0.15, 0.2) is 0 Å². The number of aromatic nitrogens is 2. The number of hydrogen-bond acceptors (Lipinski definition) is 4. The molecule has 2 aliphatic heterocycles. The first-order valence-electron chi connectivity index (χ1n) is 16.9. The summed E-state index contributed by atoms with van der Waals surface area (Å²) in [6, 6.07) is 53.8. The molecular formula is C45H29N3O. The van der Waals surface area contributed by atoms with E-state index in [9.17, 15) is 0 Å². The van der Waals surface area contributed by atoms with Crippen LogP contribution in [0.15, 0.2) is 175 Å². The van der Waals surface area contributed by atoms with Gasteiger partial charge in [0.05, 0.1) is 28.6 Å². The van der Waals surface area contributed by atoms with Gasteiger partial charge < -0.3 is 9.64 Å². The van der Waals surface area contributed by atoms with Gasteiger partial charge in [0.1, 0.15) is 11.5 Å². The number of fused-ring (bicyclic) bond motifs is 13. The van der Waals surface area contributed by atoms with Crippen molar-refractivity contribution in [1.29, 1.82) is 0 Å². The maximum atomic E-state index is 7.13. The highest BCUT2D eigenvalue weighted by atomic mass is 16.5. The second-order valence-electron chi connectivity index (χ2n) is 13.2. The maximum Gasteiger partial charge on any atom is 0.231 e. The van der Waals surface area contributed by atoms with Crippen LogP contribution in [0.2, 0.25) is 0 Å². The minimum absolute atomic E-state index is 0.0587. The van der Waals surface area contributed by atoms with Crippen LogP contribution in [-0.4, -0.2) is 16.0 Å². The molecule has 230 valence electrons. The van der Waals surface area contributed by atoms with Crippen LogP contribution < -0.4 is 9.64 Å². The van der Waals surface area contributed by atoms with Crippen LogP contribution in [0.4, 0.5) is 11.6 Å². The van der Waals surface area contributed by atoms with Crippen LogP contribution in [0.25, 0.3) is 33.3 Å². The van der Waals surface area contributed by atoms with Crippen LogP contribution in [0.3, 0.4) is 0 Å². The summed E-state index contributed by atoms with van der Waals surface area (Å²) in [5.41, 5.74) is 12.3. The monoisotopic (exact) mass is 627 g/mol. The molecule has 4 nitrogen and oxygen atoms in total. The number of rotatable bonds is 2. The molecule has 0 saturated heterocycles. The molecule has 7 aromatic rings. The van der Waals surface area contributed by atoms with E-state index in [1.54, 1.807) is 0 Å². The average molecular weight is 628 g/mol. The Morgan fingerprint density at radius 1 is 0.592 bits per heavy atom. The van der Waals surface area contributed by atoms with Crippen LogP contribution in [0, 0.1) is 0 Å². The van der Waals surface area contributed by atoms with Gasteiger partial charge in [-0.3, -0.25) is 0 Å². The lowest BCUT2D eigenvalue weighted by Gasteiger charge is -2.44. The van der Waals surface area contributed by atoms with Gasteiger partial charge >= 0.3 is 0 Å². The third-order valence-electron chi connectivity index (χ3n) is 10.9. The normalized spacial score (nSPS) is 18.7. The average Bonchev–Trinajstić information content (AvgIpc) is 3.66. The lowest BCUT2D eigenvalue weighted by atomic mass is 9.63. The lowest BCUT2D eigenvalue weighted by Crippen LogP contribution is -2.40. The van der Waals surface area contributed by atoms with Crippen molar-refractivity contribution in [2.24, 2.45) is 0 Å². The molecule has 4 heteroatoms. The molecule has 0 bridgehead atoms. The van der Waals surface area contributed by atoms with Gasteiger partial charge in [0.2, 0.25) is 5.95 Å². The molecule has 1 aromatic heterocycles. The van der Waals surface area contributed by atoms with E-state index >= 15 is 0 Å². The quantitative estimate of drug-likeness (QED) is 0.191. The second-order valence-corrected chi connectivity index (χ2v) is 13.2. The topological polar surface area (TPSA) is 38.2 Å². The number of hydrogen-bond donors (Lipinski definition) is 0. The van der Waals surface area contributed by atoms with E-state index in [-0.39, 0.29) is 12.0 Å². The Kier molecular flexibility index (Phi) is 5.40. The van der Waals surface area contributed by atoms with Crippen LogP contribution >= 0.6 is 0 Å². The smallest absolute Gasteiger partial charge is 0.231 e. The zero-order valence-electron chi connectivity index (χ0n) is 26.5. The molecule has 2 atom stereocenters. The van der Waals surface area contributed by atoms with Crippen molar-refractivity contribution in [3.05, 3.63) is 197 Å². The maximum absolute atomic E-state index is 7.13. The number of nitrogens with zero attached hydrogens (tertiary/aromatic N) is 3. The minimum atomic E-state index is -0.499. The van der Waals surface area contributed by atoms with E-state index < -0.39 is 5.41 Å². The highest BCUT2D eigenvalue weighted by molar-refractivity contribution is 5.94. The van der Waals surface area contributed by atoms with Crippen molar-refractivity contribution in [3.8, 4) is 28.1 Å². The highest BCUT2D eigenvalue weighted by Crippen LogP contribution is 2.64. The van der Waals surface area contributed by atoms with E-state index in [2.05, 4.69) is 163 Å². The molecule has 6 aromatic carbocycles. The molecule has 11 rings (SSSR count). The predicted octanol–water partition coefficient (Wildman–Crippen LogP) is 10.1. The van der Waals surface area contributed by atoms with Gasteiger partial charge in [-0.1, -0.05) is 146 Å². The van der Waals surface area contributed by atoms with E-state index in [0.717, 1.165) is 39.4 Å². The number of allylic oxidation sites excluding steroid dienone is 2. The van der Waals surface area contributed by atoms with E-state index in [0.29, 0.717) is 5.95 Å². The van der Waals surface area contributed by atoms with Crippen LogP contribution in [-0.2, 0) is 5.41 Å². The number of anilines is 2.